The number of aryl methyl sites for hydroxylation is 3. The minimum Gasteiger partial charge on any atom is -0.494 e. The summed E-state index contributed by atoms with van der Waals surface area (Å²) in [6.45, 7) is 12.3. The van der Waals surface area contributed by atoms with Crippen LogP contribution in [0.2, 0.25) is 0 Å². The first-order valence-corrected chi connectivity index (χ1v) is 22.2. The lowest BCUT2D eigenvalue weighted by Gasteiger charge is -2.51. The fraction of sp³-hybridized carbons (Fsp3) is 0.422. The number of fused-ring (bicyclic) bond motifs is 2. The summed E-state index contributed by atoms with van der Waals surface area (Å²) in [7, 11) is 3.26. The lowest BCUT2D eigenvalue weighted by molar-refractivity contribution is -0.156. The number of carbonyl (C=O) groups excluding carboxylic acids is 4. The summed E-state index contributed by atoms with van der Waals surface area (Å²) in [6, 6.07) is 8.89. The molecule has 0 atom stereocenters. The van der Waals surface area contributed by atoms with E-state index < -0.39 is 29.6 Å². The van der Waals surface area contributed by atoms with Crippen LogP contribution in [0.1, 0.15) is 73.3 Å². The number of hydrogen-bond donors (Lipinski definition) is 5. The number of aromatic nitrogens is 8. The molecule has 7 N–H and O–H groups in total. The first-order valence-electron chi connectivity index (χ1n) is 22.2. The number of nitrogens with one attached hydrogen (secondary N) is 3. The Bertz CT molecular complexity index is 2880. The monoisotopic (exact) mass is 960 g/mol. The number of halogens is 3. The van der Waals surface area contributed by atoms with Crippen molar-refractivity contribution in [3.05, 3.63) is 82.5 Å². The van der Waals surface area contributed by atoms with Gasteiger partial charge in [0, 0.05) is 77.1 Å². The molecule has 0 aliphatic carbocycles. The third-order valence-electron chi connectivity index (χ3n) is 11.6. The minimum atomic E-state index is -4.49. The second kappa shape index (κ2) is 20.9. The molecule has 2 fully saturated rings. The van der Waals surface area contributed by atoms with Gasteiger partial charge in [0.15, 0.2) is 12.0 Å². The highest BCUT2D eigenvalue weighted by molar-refractivity contribution is 6.04. The van der Waals surface area contributed by atoms with E-state index in [9.17, 15) is 32.3 Å². The number of imidazole rings is 2. The molecular formula is C45H55F3N14O7. The van der Waals surface area contributed by atoms with E-state index in [0.717, 1.165) is 56.5 Å². The molecular weight excluding hydrogens is 906 g/mol. The standard InChI is InChI=1S/C38H48N12O6.C7H7F3N2O/c1-5-50-28(15-23(2)46-50)35(53)45-37-44-26-16-24(33(39)51)18-29(54-4)31(26)49(37)12-7-6-11-48-32-27(43-36(48)41-3)17-25(34(40)52)19-30(32)55-13-8-10-47-21-38(22-47)20-42-9-14-56-38;1-2-12-5(4-13)3-6(11-12)7(8,9)10/h6-7,15-19,42H,5,8-14,20-22H2,1-4H3,(H2,39,51)(H2,40,52)(H,41,43)(H,44,45,53);3-4H,2H2,1H3/b7-6+;. The Kier molecular flexibility index (Phi) is 15.0. The molecule has 2 aliphatic heterocycles. The van der Waals surface area contributed by atoms with Crippen LogP contribution in [0.4, 0.5) is 25.1 Å². The van der Waals surface area contributed by atoms with Crippen molar-refractivity contribution < 1.29 is 46.6 Å². The summed E-state index contributed by atoms with van der Waals surface area (Å²) in [4.78, 5) is 60.1. The fourth-order valence-electron chi connectivity index (χ4n) is 8.37. The maximum absolute atomic E-state index is 13.5. The van der Waals surface area contributed by atoms with Crippen LogP contribution in [0, 0.1) is 6.92 Å². The number of carbonyl (C=O) groups is 4. The van der Waals surface area contributed by atoms with Gasteiger partial charge in [-0.1, -0.05) is 12.2 Å². The van der Waals surface area contributed by atoms with Gasteiger partial charge in [-0.2, -0.15) is 23.4 Å². The smallest absolute Gasteiger partial charge is 0.435 e. The van der Waals surface area contributed by atoms with E-state index in [4.69, 9.17) is 30.7 Å². The van der Waals surface area contributed by atoms with E-state index in [-0.39, 0.29) is 35.9 Å². The van der Waals surface area contributed by atoms with Gasteiger partial charge in [-0.25, -0.2) is 9.97 Å². The van der Waals surface area contributed by atoms with Crippen molar-refractivity contribution in [2.24, 2.45) is 11.5 Å². The Balaban J connectivity index is 0.000000469. The van der Waals surface area contributed by atoms with Crippen molar-refractivity contribution in [2.75, 3.05) is 70.7 Å². The van der Waals surface area contributed by atoms with Crippen LogP contribution in [0.3, 0.4) is 0 Å². The summed E-state index contributed by atoms with van der Waals surface area (Å²) < 4.78 is 60.6. The molecule has 0 bridgehead atoms. The lowest BCUT2D eigenvalue weighted by Crippen LogP contribution is -2.69. The Morgan fingerprint density at radius 3 is 2.07 bits per heavy atom. The van der Waals surface area contributed by atoms with Gasteiger partial charge < -0.3 is 45.4 Å². The number of alkyl halides is 3. The molecule has 368 valence electrons. The molecule has 8 rings (SSSR count). The van der Waals surface area contributed by atoms with Crippen LogP contribution in [0.5, 0.6) is 11.5 Å². The highest BCUT2D eigenvalue weighted by Crippen LogP contribution is 2.34. The van der Waals surface area contributed by atoms with Crippen molar-refractivity contribution >= 4 is 58.0 Å². The maximum atomic E-state index is 13.5. The van der Waals surface area contributed by atoms with E-state index in [1.807, 2.05) is 30.6 Å². The second-order valence-corrected chi connectivity index (χ2v) is 16.4. The summed E-state index contributed by atoms with van der Waals surface area (Å²) in [5.41, 5.74) is 14.0. The van der Waals surface area contributed by atoms with Gasteiger partial charge in [0.05, 0.1) is 37.1 Å². The molecule has 4 aromatic heterocycles. The van der Waals surface area contributed by atoms with Crippen LogP contribution >= 0.6 is 0 Å². The minimum absolute atomic E-state index is 0.0603. The van der Waals surface area contributed by atoms with Crippen LogP contribution in [0.25, 0.3) is 22.1 Å². The molecule has 69 heavy (non-hydrogen) atoms. The number of nitrogens with two attached hydrogens (primary N) is 2. The van der Waals surface area contributed by atoms with Crippen molar-refractivity contribution in [3.63, 3.8) is 0 Å². The van der Waals surface area contributed by atoms with Gasteiger partial charge in [0.2, 0.25) is 23.7 Å². The van der Waals surface area contributed by atoms with Crippen LogP contribution in [0.15, 0.2) is 48.6 Å². The second-order valence-electron chi connectivity index (χ2n) is 16.4. The van der Waals surface area contributed by atoms with Gasteiger partial charge in [-0.3, -0.25) is 38.8 Å². The zero-order valence-corrected chi connectivity index (χ0v) is 38.9. The molecule has 0 radical (unpaired) electrons. The zero-order valence-electron chi connectivity index (χ0n) is 38.9. The molecule has 3 amide bonds. The number of methoxy groups -OCH3 is 1. The Hall–Kier alpha value is -7.31. The third kappa shape index (κ3) is 10.9. The van der Waals surface area contributed by atoms with Gasteiger partial charge in [-0.05, 0) is 63.6 Å². The van der Waals surface area contributed by atoms with E-state index >= 15 is 0 Å². The molecule has 21 nitrogen and oxygen atoms in total. The molecule has 2 saturated heterocycles. The van der Waals surface area contributed by atoms with Gasteiger partial charge >= 0.3 is 6.18 Å². The highest BCUT2D eigenvalue weighted by atomic mass is 19.4. The van der Waals surface area contributed by atoms with Crippen LogP contribution < -0.4 is 36.9 Å². The Morgan fingerprint density at radius 2 is 1.52 bits per heavy atom. The first kappa shape index (κ1) is 49.6. The topological polar surface area (TPSA) is 259 Å². The van der Waals surface area contributed by atoms with E-state index in [0.29, 0.717) is 82.4 Å². The summed E-state index contributed by atoms with van der Waals surface area (Å²) in [5.74, 6) is 0.0676. The highest BCUT2D eigenvalue weighted by Gasteiger charge is 2.44. The number of ether oxygens (including phenoxy) is 3. The van der Waals surface area contributed by atoms with Gasteiger partial charge in [-0.15, -0.1) is 0 Å². The van der Waals surface area contributed by atoms with Crippen molar-refractivity contribution in [1.29, 1.82) is 0 Å². The SMILES string of the molecule is CCn1nc(C(F)(F)F)cc1C=O.CCn1nc(C)cc1C(=O)Nc1nc2cc(C(N)=O)cc(OC)c2n1C/C=C/Cn1c(NC)nc2cc(C(N)=O)cc(OCCCN3CC4(CNCCO4)C3)c21. The number of nitrogens with zero attached hydrogens (tertiary/aromatic N) is 9. The number of likely N-dealkylation sites (tertiary alicyclic amines) is 1. The van der Waals surface area contributed by atoms with Crippen molar-refractivity contribution in [2.45, 2.75) is 65.1 Å². The Morgan fingerprint density at radius 1 is 0.899 bits per heavy atom. The van der Waals surface area contributed by atoms with Crippen molar-refractivity contribution in [3.8, 4) is 11.5 Å². The van der Waals surface area contributed by atoms with E-state index in [1.165, 1.54) is 7.11 Å². The fourth-order valence-corrected chi connectivity index (χ4v) is 8.37. The predicted molar refractivity (Wildman–Crippen MR) is 249 cm³/mol. The average molecular weight is 961 g/mol. The Labute approximate surface area is 393 Å². The zero-order chi connectivity index (χ0) is 49.6. The van der Waals surface area contributed by atoms with Crippen LogP contribution in [-0.4, -0.2) is 133 Å². The van der Waals surface area contributed by atoms with E-state index in [2.05, 4.69) is 36.0 Å². The molecule has 24 heteroatoms. The number of allylic oxidation sites excluding steroid dienone is 2. The number of morpholine rings is 1. The molecule has 1 spiro atoms. The molecule has 2 aliphatic rings. The predicted octanol–water partition coefficient (Wildman–Crippen LogP) is 3.85. The first-order chi connectivity index (χ1) is 33.0. The molecule has 2 aromatic carbocycles. The number of hydrogen-bond acceptors (Lipinski definition) is 14. The number of rotatable bonds is 18. The summed E-state index contributed by atoms with van der Waals surface area (Å²) in [6.07, 6.45) is 0.519. The molecule has 0 unspecified atom stereocenters. The number of anilines is 2. The van der Waals surface area contributed by atoms with Gasteiger partial charge in [0.25, 0.3) is 5.91 Å². The number of benzene rings is 2. The molecule has 6 aromatic rings. The molecule has 0 saturated carbocycles. The summed E-state index contributed by atoms with van der Waals surface area (Å²) in [5, 5.41) is 17.1. The largest absolute Gasteiger partial charge is 0.494 e. The van der Waals surface area contributed by atoms with E-state index in [1.54, 1.807) is 53.6 Å². The molecule has 6 heterocycles. The number of aldehydes is 1. The lowest BCUT2D eigenvalue weighted by atomic mass is 9.92. The normalized spacial score (nSPS) is 14.7. The number of primary amides is 2. The van der Waals surface area contributed by atoms with Crippen molar-refractivity contribution in [1.82, 2.24) is 48.9 Å². The third-order valence-corrected chi connectivity index (χ3v) is 11.6. The summed E-state index contributed by atoms with van der Waals surface area (Å²) >= 11 is 0. The average Bonchev–Trinajstić information content (AvgIpc) is 4.10. The number of amides is 3. The van der Waals surface area contributed by atoms with Crippen LogP contribution in [-0.2, 0) is 37.1 Å². The quantitative estimate of drug-likeness (QED) is 0.0466. The van der Waals surface area contributed by atoms with Gasteiger partial charge in [0.1, 0.15) is 39.5 Å². The maximum Gasteiger partial charge on any atom is 0.435 e.